The Hall–Kier alpha value is -1.91. The van der Waals surface area contributed by atoms with E-state index in [1.165, 1.54) is 12.1 Å². The van der Waals surface area contributed by atoms with Crippen molar-refractivity contribution in [3.8, 4) is 0 Å². The molecule has 0 saturated carbocycles. The lowest BCUT2D eigenvalue weighted by Crippen LogP contribution is -2.12. The Labute approximate surface area is 111 Å². The first-order valence-electron chi connectivity index (χ1n) is 6.46. The molecule has 0 saturated heterocycles. The number of carbonyl (C=O) groups is 1. The molecule has 0 unspecified atom stereocenters. The van der Waals surface area contributed by atoms with E-state index in [0.29, 0.717) is 24.5 Å². The topological polar surface area (TPSA) is 44.1 Å². The Morgan fingerprint density at radius 3 is 2.89 bits per heavy atom. The van der Waals surface area contributed by atoms with E-state index < -0.39 is 0 Å². The van der Waals surface area contributed by atoms with Gasteiger partial charge in [0.1, 0.15) is 18.1 Å². The number of aryl methyl sites for hydroxylation is 1. The van der Waals surface area contributed by atoms with Gasteiger partial charge in [0, 0.05) is 6.54 Å². The van der Waals surface area contributed by atoms with Crippen LogP contribution in [0.3, 0.4) is 0 Å². The number of halogens is 1. The fourth-order valence-corrected chi connectivity index (χ4v) is 2.09. The van der Waals surface area contributed by atoms with Crippen LogP contribution in [-0.4, -0.2) is 22.1 Å². The molecule has 0 amide bonds. The molecule has 0 spiro atoms. The zero-order valence-electron chi connectivity index (χ0n) is 11.1. The van der Waals surface area contributed by atoms with Gasteiger partial charge in [-0.1, -0.05) is 6.92 Å². The van der Waals surface area contributed by atoms with Gasteiger partial charge in [0.2, 0.25) is 0 Å². The van der Waals surface area contributed by atoms with Gasteiger partial charge in [-0.2, -0.15) is 0 Å². The van der Waals surface area contributed by atoms with Gasteiger partial charge in [-0.25, -0.2) is 9.37 Å². The van der Waals surface area contributed by atoms with Crippen LogP contribution in [0.5, 0.6) is 0 Å². The van der Waals surface area contributed by atoms with E-state index in [0.717, 1.165) is 11.9 Å². The number of hydrogen-bond donors (Lipinski definition) is 0. The predicted molar refractivity (Wildman–Crippen MR) is 70.3 cm³/mol. The van der Waals surface area contributed by atoms with Crippen LogP contribution in [0.1, 0.15) is 26.1 Å². The summed E-state index contributed by atoms with van der Waals surface area (Å²) in [5.41, 5.74) is 1.43. The van der Waals surface area contributed by atoms with Crippen molar-refractivity contribution in [1.82, 2.24) is 9.55 Å². The molecule has 4 nitrogen and oxygen atoms in total. The second kappa shape index (κ2) is 5.82. The second-order valence-electron chi connectivity index (χ2n) is 4.29. The number of carbonyl (C=O) groups excluding carboxylic acids is 1. The minimum Gasteiger partial charge on any atom is -0.466 e. The lowest BCUT2D eigenvalue weighted by Gasteiger charge is -2.07. The van der Waals surface area contributed by atoms with Crippen LogP contribution >= 0.6 is 0 Å². The van der Waals surface area contributed by atoms with Gasteiger partial charge >= 0.3 is 5.97 Å². The van der Waals surface area contributed by atoms with Crippen molar-refractivity contribution in [2.75, 3.05) is 6.61 Å². The first-order valence-corrected chi connectivity index (χ1v) is 6.46. The summed E-state index contributed by atoms with van der Waals surface area (Å²) in [7, 11) is 0. The standard InChI is InChI=1S/C14H17FN2O2/c1-3-7-17-12-8-10(15)5-6-11(12)16-13(17)9-14(18)19-4-2/h5-6,8H,3-4,7,9H2,1-2H3. The molecule has 0 aliphatic carbocycles. The minimum atomic E-state index is -0.310. The third kappa shape index (κ3) is 2.92. The molecule has 19 heavy (non-hydrogen) atoms. The van der Waals surface area contributed by atoms with Gasteiger partial charge < -0.3 is 9.30 Å². The Morgan fingerprint density at radius 2 is 2.21 bits per heavy atom. The highest BCUT2D eigenvalue weighted by atomic mass is 19.1. The summed E-state index contributed by atoms with van der Waals surface area (Å²) in [4.78, 5) is 16.0. The van der Waals surface area contributed by atoms with Gasteiger partial charge in [0.25, 0.3) is 0 Å². The molecule has 1 aromatic heterocycles. The molecule has 0 fully saturated rings. The van der Waals surface area contributed by atoms with Crippen LogP contribution in [0, 0.1) is 5.82 Å². The normalized spacial score (nSPS) is 10.9. The Kier molecular flexibility index (Phi) is 4.14. The maximum Gasteiger partial charge on any atom is 0.313 e. The Bertz CT molecular complexity index is 592. The third-order valence-corrected chi connectivity index (χ3v) is 2.84. The summed E-state index contributed by atoms with van der Waals surface area (Å²) in [5, 5.41) is 0. The average Bonchev–Trinajstić information content (AvgIpc) is 2.68. The molecular formula is C14H17FN2O2. The molecule has 102 valence electrons. The number of rotatable bonds is 5. The smallest absolute Gasteiger partial charge is 0.313 e. The van der Waals surface area contributed by atoms with Crippen LogP contribution in [0.25, 0.3) is 11.0 Å². The van der Waals surface area contributed by atoms with E-state index in [-0.39, 0.29) is 18.2 Å². The van der Waals surface area contributed by atoms with E-state index in [1.54, 1.807) is 13.0 Å². The van der Waals surface area contributed by atoms with E-state index in [1.807, 2.05) is 11.5 Å². The molecule has 2 rings (SSSR count). The van der Waals surface area contributed by atoms with E-state index >= 15 is 0 Å². The van der Waals surface area contributed by atoms with Crippen LogP contribution in [0.15, 0.2) is 18.2 Å². The zero-order valence-corrected chi connectivity index (χ0v) is 11.1. The minimum absolute atomic E-state index is 0.115. The van der Waals surface area contributed by atoms with Crippen molar-refractivity contribution in [2.45, 2.75) is 33.2 Å². The number of nitrogens with zero attached hydrogens (tertiary/aromatic N) is 2. The number of aromatic nitrogens is 2. The summed E-state index contributed by atoms with van der Waals surface area (Å²) in [6.07, 6.45) is 1.00. The van der Waals surface area contributed by atoms with Crippen LogP contribution in [0.2, 0.25) is 0 Å². The monoisotopic (exact) mass is 264 g/mol. The molecule has 1 heterocycles. The largest absolute Gasteiger partial charge is 0.466 e. The molecule has 0 atom stereocenters. The first kappa shape index (κ1) is 13.5. The van der Waals surface area contributed by atoms with Gasteiger partial charge in [-0.3, -0.25) is 4.79 Å². The lowest BCUT2D eigenvalue weighted by molar-refractivity contribution is -0.142. The highest BCUT2D eigenvalue weighted by molar-refractivity contribution is 5.78. The van der Waals surface area contributed by atoms with E-state index in [4.69, 9.17) is 4.74 Å². The molecule has 1 aromatic carbocycles. The van der Waals surface area contributed by atoms with Gasteiger partial charge in [0.15, 0.2) is 0 Å². The number of esters is 1. The van der Waals surface area contributed by atoms with Gasteiger partial charge in [-0.15, -0.1) is 0 Å². The highest BCUT2D eigenvalue weighted by Gasteiger charge is 2.14. The Balaban J connectivity index is 2.41. The molecule has 0 bridgehead atoms. The molecule has 0 radical (unpaired) electrons. The third-order valence-electron chi connectivity index (χ3n) is 2.84. The molecule has 0 N–H and O–H groups in total. The van der Waals surface area contributed by atoms with Crippen molar-refractivity contribution in [3.63, 3.8) is 0 Å². The first-order chi connectivity index (χ1) is 9.15. The number of benzene rings is 1. The van der Waals surface area contributed by atoms with Gasteiger partial charge in [0.05, 0.1) is 17.6 Å². The van der Waals surface area contributed by atoms with Gasteiger partial charge in [-0.05, 0) is 31.5 Å². The fourth-order valence-electron chi connectivity index (χ4n) is 2.09. The summed E-state index contributed by atoms with van der Waals surface area (Å²) in [6.45, 7) is 4.84. The van der Waals surface area contributed by atoms with E-state index in [9.17, 15) is 9.18 Å². The van der Waals surface area contributed by atoms with Crippen molar-refractivity contribution < 1.29 is 13.9 Å². The summed E-state index contributed by atoms with van der Waals surface area (Å²) >= 11 is 0. The zero-order chi connectivity index (χ0) is 13.8. The van der Waals surface area contributed by atoms with Crippen LogP contribution < -0.4 is 0 Å². The van der Waals surface area contributed by atoms with Crippen molar-refractivity contribution in [3.05, 3.63) is 29.8 Å². The molecular weight excluding hydrogens is 247 g/mol. The molecule has 0 aliphatic heterocycles. The Morgan fingerprint density at radius 1 is 1.42 bits per heavy atom. The SMILES string of the molecule is CCCn1c(CC(=O)OCC)nc2ccc(F)cc21. The van der Waals surface area contributed by atoms with Crippen molar-refractivity contribution in [1.29, 1.82) is 0 Å². The maximum atomic E-state index is 13.3. The maximum absolute atomic E-state index is 13.3. The fraction of sp³-hybridized carbons (Fsp3) is 0.429. The highest BCUT2D eigenvalue weighted by Crippen LogP contribution is 2.18. The number of ether oxygens (including phenoxy) is 1. The molecule has 5 heteroatoms. The number of fused-ring (bicyclic) bond motifs is 1. The molecule has 2 aromatic rings. The average molecular weight is 264 g/mol. The van der Waals surface area contributed by atoms with E-state index in [2.05, 4.69) is 4.98 Å². The summed E-state index contributed by atoms with van der Waals surface area (Å²) < 4.78 is 20.1. The summed E-state index contributed by atoms with van der Waals surface area (Å²) in [5.74, 6) is 0.0176. The van der Waals surface area contributed by atoms with Crippen LogP contribution in [0.4, 0.5) is 4.39 Å². The number of hydrogen-bond acceptors (Lipinski definition) is 3. The summed E-state index contributed by atoms with van der Waals surface area (Å²) in [6, 6.07) is 4.46. The second-order valence-corrected chi connectivity index (χ2v) is 4.29. The van der Waals surface area contributed by atoms with Crippen molar-refractivity contribution >= 4 is 17.0 Å². The van der Waals surface area contributed by atoms with Crippen molar-refractivity contribution in [2.24, 2.45) is 0 Å². The quantitative estimate of drug-likeness (QED) is 0.780. The lowest BCUT2D eigenvalue weighted by atomic mass is 10.3. The van der Waals surface area contributed by atoms with Crippen LogP contribution in [-0.2, 0) is 22.5 Å². The number of imidazole rings is 1. The predicted octanol–water partition coefficient (Wildman–Crippen LogP) is 2.69. The molecule has 0 aliphatic rings.